The molecule has 0 spiro atoms. The van der Waals surface area contributed by atoms with Gasteiger partial charge in [0, 0.05) is 11.1 Å². The molecule has 0 fully saturated rings. The Morgan fingerprint density at radius 1 is 1.20 bits per heavy atom. The second kappa shape index (κ2) is 4.17. The van der Waals surface area contributed by atoms with Crippen LogP contribution >= 0.6 is 11.3 Å². The Morgan fingerprint density at radius 2 is 2.15 bits per heavy atom. The van der Waals surface area contributed by atoms with Crippen molar-refractivity contribution in [2.24, 2.45) is 0 Å². The molecular weight excluding hydrogens is 274 g/mol. The van der Waals surface area contributed by atoms with Crippen molar-refractivity contribution < 1.29 is 0 Å². The summed E-state index contributed by atoms with van der Waals surface area (Å²) in [6, 6.07) is 7.68. The number of benzene rings is 1. The van der Waals surface area contributed by atoms with E-state index in [2.05, 4.69) is 25.5 Å². The molecule has 98 valence electrons. The Hall–Kier alpha value is -2.67. The Labute approximate surface area is 116 Å². The van der Waals surface area contributed by atoms with Crippen molar-refractivity contribution in [2.45, 2.75) is 0 Å². The molecule has 3 N–H and O–H groups in total. The fourth-order valence-corrected chi connectivity index (χ4v) is 2.92. The predicted molar refractivity (Wildman–Crippen MR) is 79.6 cm³/mol. The van der Waals surface area contributed by atoms with E-state index in [1.807, 2.05) is 29.6 Å². The first-order chi connectivity index (χ1) is 9.79. The molecule has 3 aromatic heterocycles. The highest BCUT2D eigenvalue weighted by Crippen LogP contribution is 2.27. The number of anilines is 2. The summed E-state index contributed by atoms with van der Waals surface area (Å²) in [7, 11) is 0. The minimum absolute atomic E-state index is 0.359. The van der Waals surface area contributed by atoms with Crippen molar-refractivity contribution >= 4 is 44.0 Å². The third-order valence-corrected chi connectivity index (χ3v) is 3.96. The minimum Gasteiger partial charge on any atom is -0.339 e. The third kappa shape index (κ3) is 1.76. The van der Waals surface area contributed by atoms with Gasteiger partial charge in [0.1, 0.15) is 0 Å². The number of hydrogen-bond acceptors (Lipinski definition) is 5. The topological polar surface area (TPSA) is 86.5 Å². The van der Waals surface area contributed by atoms with Crippen LogP contribution in [0.25, 0.3) is 21.1 Å². The molecule has 0 aliphatic rings. The highest BCUT2D eigenvalue weighted by Gasteiger charge is 2.07. The summed E-state index contributed by atoms with van der Waals surface area (Å²) in [6.45, 7) is 0. The van der Waals surface area contributed by atoms with Crippen LogP contribution in [0.4, 0.5) is 11.5 Å². The zero-order chi connectivity index (χ0) is 13.5. The van der Waals surface area contributed by atoms with Crippen LogP contribution in [0.2, 0.25) is 0 Å². The standard InChI is InChI=1S/C13H9N5OS/c19-13-16-10-3-4-20-11(10)12(17-13)15-8-1-2-9-7(5-8)6-14-18-9/h1-6H,(H,14,18)(H2,15,16,17,19). The Bertz CT molecular complexity index is 967. The summed E-state index contributed by atoms with van der Waals surface area (Å²) < 4.78 is 0.928. The van der Waals surface area contributed by atoms with E-state index in [0.717, 1.165) is 26.8 Å². The molecule has 0 saturated carbocycles. The quantitative estimate of drug-likeness (QED) is 0.528. The zero-order valence-corrected chi connectivity index (χ0v) is 11.0. The maximum Gasteiger partial charge on any atom is 0.347 e. The maximum absolute atomic E-state index is 11.5. The molecule has 7 heteroatoms. The van der Waals surface area contributed by atoms with Crippen LogP contribution in [0.1, 0.15) is 0 Å². The van der Waals surface area contributed by atoms with Gasteiger partial charge >= 0.3 is 5.69 Å². The lowest BCUT2D eigenvalue weighted by atomic mass is 10.2. The summed E-state index contributed by atoms with van der Waals surface area (Å²) >= 11 is 1.53. The molecule has 0 amide bonds. The Kier molecular flexibility index (Phi) is 2.33. The molecule has 0 aliphatic heterocycles. The first-order valence-electron chi connectivity index (χ1n) is 5.97. The van der Waals surface area contributed by atoms with Gasteiger partial charge in [0.2, 0.25) is 0 Å². The zero-order valence-electron chi connectivity index (χ0n) is 10.2. The highest BCUT2D eigenvalue weighted by atomic mass is 32.1. The number of aromatic amines is 2. The minimum atomic E-state index is -0.359. The van der Waals surface area contributed by atoms with E-state index in [1.54, 1.807) is 6.20 Å². The number of thiophene rings is 1. The lowest BCUT2D eigenvalue weighted by Gasteiger charge is -2.06. The van der Waals surface area contributed by atoms with Crippen molar-refractivity contribution in [1.29, 1.82) is 0 Å². The van der Waals surface area contributed by atoms with E-state index in [0.29, 0.717) is 5.82 Å². The van der Waals surface area contributed by atoms with Gasteiger partial charge in [0.15, 0.2) is 5.82 Å². The SMILES string of the molecule is O=c1nc(Nc2ccc3[nH]ncc3c2)c2sccc2[nH]1. The average Bonchev–Trinajstić information content (AvgIpc) is 3.05. The molecule has 0 radical (unpaired) electrons. The highest BCUT2D eigenvalue weighted by molar-refractivity contribution is 7.17. The number of fused-ring (bicyclic) bond motifs is 2. The molecule has 0 saturated heterocycles. The van der Waals surface area contributed by atoms with Crippen molar-refractivity contribution in [2.75, 3.05) is 5.32 Å². The molecule has 3 heterocycles. The normalized spacial score (nSPS) is 11.2. The first kappa shape index (κ1) is 11.2. The van der Waals surface area contributed by atoms with Gasteiger partial charge in [-0.3, -0.25) is 5.10 Å². The van der Waals surface area contributed by atoms with Gasteiger partial charge in [-0.05, 0) is 29.6 Å². The number of rotatable bonds is 2. The molecule has 6 nitrogen and oxygen atoms in total. The number of aromatic nitrogens is 4. The molecular formula is C13H9N5OS. The Morgan fingerprint density at radius 3 is 3.10 bits per heavy atom. The maximum atomic E-state index is 11.5. The van der Waals surface area contributed by atoms with E-state index < -0.39 is 0 Å². The number of hydrogen-bond donors (Lipinski definition) is 3. The lowest BCUT2D eigenvalue weighted by molar-refractivity contribution is 1.12. The summed E-state index contributed by atoms with van der Waals surface area (Å²) in [5.74, 6) is 0.571. The second-order valence-electron chi connectivity index (χ2n) is 4.35. The second-order valence-corrected chi connectivity index (χ2v) is 5.27. The van der Waals surface area contributed by atoms with Crippen molar-refractivity contribution in [3.05, 3.63) is 46.3 Å². The third-order valence-electron chi connectivity index (χ3n) is 3.04. The van der Waals surface area contributed by atoms with Gasteiger partial charge in [-0.15, -0.1) is 11.3 Å². The van der Waals surface area contributed by atoms with Crippen LogP contribution in [-0.2, 0) is 0 Å². The van der Waals surface area contributed by atoms with Crippen LogP contribution < -0.4 is 11.0 Å². The molecule has 4 rings (SSSR count). The fourth-order valence-electron chi connectivity index (χ4n) is 2.13. The average molecular weight is 283 g/mol. The van der Waals surface area contributed by atoms with Crippen LogP contribution in [0.15, 0.2) is 40.6 Å². The smallest absolute Gasteiger partial charge is 0.339 e. The van der Waals surface area contributed by atoms with Crippen LogP contribution in [-0.4, -0.2) is 20.2 Å². The van der Waals surface area contributed by atoms with Crippen LogP contribution in [0.5, 0.6) is 0 Å². The fraction of sp³-hybridized carbons (Fsp3) is 0. The monoisotopic (exact) mass is 283 g/mol. The Balaban J connectivity index is 1.83. The molecule has 0 bridgehead atoms. The van der Waals surface area contributed by atoms with E-state index in [-0.39, 0.29) is 5.69 Å². The molecule has 0 unspecified atom stereocenters. The van der Waals surface area contributed by atoms with Crippen LogP contribution in [0.3, 0.4) is 0 Å². The largest absolute Gasteiger partial charge is 0.347 e. The van der Waals surface area contributed by atoms with Crippen LogP contribution in [0, 0.1) is 0 Å². The van der Waals surface area contributed by atoms with E-state index in [4.69, 9.17) is 0 Å². The van der Waals surface area contributed by atoms with Gasteiger partial charge in [-0.1, -0.05) is 0 Å². The summed E-state index contributed by atoms with van der Waals surface area (Å²) in [5.41, 5.74) is 2.27. The van der Waals surface area contributed by atoms with Gasteiger partial charge in [-0.25, -0.2) is 4.79 Å². The summed E-state index contributed by atoms with van der Waals surface area (Å²) in [5, 5.41) is 13.0. The van der Waals surface area contributed by atoms with Gasteiger partial charge in [0.05, 0.1) is 21.9 Å². The summed E-state index contributed by atoms with van der Waals surface area (Å²) in [6.07, 6.45) is 1.76. The number of nitrogens with one attached hydrogen (secondary N) is 3. The first-order valence-corrected chi connectivity index (χ1v) is 6.85. The number of nitrogens with zero attached hydrogens (tertiary/aromatic N) is 2. The molecule has 4 aromatic rings. The van der Waals surface area contributed by atoms with Crippen molar-refractivity contribution in [3.8, 4) is 0 Å². The van der Waals surface area contributed by atoms with Gasteiger partial charge in [-0.2, -0.15) is 10.1 Å². The van der Waals surface area contributed by atoms with Crippen molar-refractivity contribution in [3.63, 3.8) is 0 Å². The van der Waals surface area contributed by atoms with Gasteiger partial charge < -0.3 is 10.3 Å². The molecule has 1 aromatic carbocycles. The van der Waals surface area contributed by atoms with Crippen molar-refractivity contribution in [1.82, 2.24) is 20.2 Å². The number of H-pyrrole nitrogens is 2. The van der Waals surface area contributed by atoms with E-state index in [1.165, 1.54) is 11.3 Å². The predicted octanol–water partition coefficient (Wildman–Crippen LogP) is 2.60. The molecule has 20 heavy (non-hydrogen) atoms. The van der Waals surface area contributed by atoms with E-state index >= 15 is 0 Å². The van der Waals surface area contributed by atoms with E-state index in [9.17, 15) is 4.79 Å². The van der Waals surface area contributed by atoms with Gasteiger partial charge in [0.25, 0.3) is 0 Å². The molecule has 0 aliphatic carbocycles. The lowest BCUT2D eigenvalue weighted by Crippen LogP contribution is -2.11. The molecule has 0 atom stereocenters. The summed E-state index contributed by atoms with van der Waals surface area (Å²) in [4.78, 5) is 18.3.